The second-order valence-electron chi connectivity index (χ2n) is 4.91. The number of hydrogen-bond acceptors (Lipinski definition) is 4. The maximum Gasteiger partial charge on any atom is 0.323 e. The first-order valence-electron chi connectivity index (χ1n) is 5.99. The average Bonchev–Trinajstić information content (AvgIpc) is 2.15. The summed E-state index contributed by atoms with van der Waals surface area (Å²) in [5, 5.41) is 5.65. The molecule has 0 saturated heterocycles. The predicted molar refractivity (Wildman–Crippen MR) is 66.6 cm³/mol. The minimum atomic E-state index is -0.480. The molecule has 0 aliphatic rings. The van der Waals surface area contributed by atoms with Crippen LogP contribution in [0.15, 0.2) is 0 Å². The van der Waals surface area contributed by atoms with Crippen LogP contribution >= 0.6 is 0 Å². The Bertz CT molecular complexity index is 259. The molecular formula is C12H24N2O3. The second-order valence-corrected chi connectivity index (χ2v) is 4.91. The molecule has 5 heteroatoms. The zero-order valence-electron chi connectivity index (χ0n) is 11.4. The number of rotatable bonds is 6. The lowest BCUT2D eigenvalue weighted by molar-refractivity contribution is -0.157. The minimum Gasteiger partial charge on any atom is -0.459 e. The van der Waals surface area contributed by atoms with E-state index in [-0.39, 0.29) is 11.9 Å². The number of esters is 1. The molecular weight excluding hydrogens is 220 g/mol. The van der Waals surface area contributed by atoms with E-state index in [0.29, 0.717) is 19.5 Å². The summed E-state index contributed by atoms with van der Waals surface area (Å²) in [6.07, 6.45) is 0.362. The molecule has 1 atom stereocenters. The molecule has 0 aromatic heterocycles. The topological polar surface area (TPSA) is 67.4 Å². The van der Waals surface area contributed by atoms with Gasteiger partial charge in [0.1, 0.15) is 11.6 Å². The van der Waals surface area contributed by atoms with Crippen molar-refractivity contribution in [2.45, 2.75) is 52.7 Å². The normalized spacial score (nSPS) is 13.0. The van der Waals surface area contributed by atoms with Gasteiger partial charge in [-0.1, -0.05) is 0 Å². The standard InChI is InChI=1S/C12H24N2O3/c1-6-13-10(15)7-8-14-9(2)11(16)17-12(3,4)5/h9,14H,6-8H2,1-5H3,(H,13,15). The third-order valence-corrected chi connectivity index (χ3v) is 1.94. The van der Waals surface area contributed by atoms with Gasteiger partial charge < -0.3 is 15.4 Å². The van der Waals surface area contributed by atoms with Crippen molar-refractivity contribution < 1.29 is 14.3 Å². The van der Waals surface area contributed by atoms with Gasteiger partial charge in [0.15, 0.2) is 0 Å². The number of ether oxygens (including phenoxy) is 1. The summed E-state index contributed by atoms with van der Waals surface area (Å²) in [7, 11) is 0. The summed E-state index contributed by atoms with van der Waals surface area (Å²) in [6, 6.07) is -0.399. The second kappa shape index (κ2) is 7.27. The number of hydrogen-bond donors (Lipinski definition) is 2. The molecule has 1 amide bonds. The highest BCUT2D eigenvalue weighted by Crippen LogP contribution is 2.08. The van der Waals surface area contributed by atoms with E-state index >= 15 is 0 Å². The largest absolute Gasteiger partial charge is 0.459 e. The number of amides is 1. The summed E-state index contributed by atoms with van der Waals surface area (Å²) >= 11 is 0. The van der Waals surface area contributed by atoms with Crippen molar-refractivity contribution in [1.82, 2.24) is 10.6 Å². The lowest BCUT2D eigenvalue weighted by Gasteiger charge is -2.22. The predicted octanol–water partition coefficient (Wildman–Crippen LogP) is 0.832. The van der Waals surface area contributed by atoms with Gasteiger partial charge in [-0.15, -0.1) is 0 Å². The Labute approximate surface area is 103 Å². The number of carbonyl (C=O) groups excluding carboxylic acids is 2. The first-order chi connectivity index (χ1) is 7.76. The molecule has 0 heterocycles. The summed E-state index contributed by atoms with van der Waals surface area (Å²) in [5.74, 6) is -0.315. The number of nitrogens with one attached hydrogen (secondary N) is 2. The van der Waals surface area contributed by atoms with Crippen molar-refractivity contribution >= 4 is 11.9 Å². The molecule has 0 aromatic rings. The van der Waals surface area contributed by atoms with Gasteiger partial charge in [0.2, 0.25) is 5.91 Å². The van der Waals surface area contributed by atoms with Crippen molar-refractivity contribution in [3.63, 3.8) is 0 Å². The van der Waals surface area contributed by atoms with E-state index < -0.39 is 11.6 Å². The fourth-order valence-corrected chi connectivity index (χ4v) is 1.16. The Morgan fingerprint density at radius 3 is 2.35 bits per heavy atom. The van der Waals surface area contributed by atoms with Crippen LogP contribution in [-0.4, -0.2) is 36.6 Å². The molecule has 5 nitrogen and oxygen atoms in total. The monoisotopic (exact) mass is 244 g/mol. The molecule has 0 aromatic carbocycles. The van der Waals surface area contributed by atoms with Crippen LogP contribution in [0, 0.1) is 0 Å². The molecule has 0 saturated carbocycles. The molecule has 100 valence electrons. The maximum atomic E-state index is 11.6. The fraction of sp³-hybridized carbons (Fsp3) is 0.833. The van der Waals surface area contributed by atoms with Gasteiger partial charge in [0.05, 0.1) is 0 Å². The van der Waals surface area contributed by atoms with Gasteiger partial charge in [-0.05, 0) is 34.6 Å². The zero-order chi connectivity index (χ0) is 13.5. The minimum absolute atomic E-state index is 0.0172. The van der Waals surface area contributed by atoms with Crippen LogP contribution < -0.4 is 10.6 Å². The molecule has 0 aliphatic carbocycles. The highest BCUT2D eigenvalue weighted by atomic mass is 16.6. The lowest BCUT2D eigenvalue weighted by atomic mass is 10.2. The van der Waals surface area contributed by atoms with E-state index in [0.717, 1.165) is 0 Å². The van der Waals surface area contributed by atoms with Crippen molar-refractivity contribution in [3.8, 4) is 0 Å². The van der Waals surface area contributed by atoms with Crippen LogP contribution in [-0.2, 0) is 14.3 Å². The zero-order valence-corrected chi connectivity index (χ0v) is 11.4. The van der Waals surface area contributed by atoms with E-state index in [4.69, 9.17) is 4.74 Å². The Balaban J connectivity index is 3.82. The van der Waals surface area contributed by atoms with Crippen LogP contribution in [0.3, 0.4) is 0 Å². The van der Waals surface area contributed by atoms with Gasteiger partial charge in [-0.25, -0.2) is 0 Å². The van der Waals surface area contributed by atoms with Gasteiger partial charge >= 0.3 is 5.97 Å². The molecule has 0 rings (SSSR count). The molecule has 1 unspecified atom stereocenters. The van der Waals surface area contributed by atoms with E-state index in [1.54, 1.807) is 6.92 Å². The fourth-order valence-electron chi connectivity index (χ4n) is 1.16. The Hall–Kier alpha value is -1.10. The van der Waals surface area contributed by atoms with Crippen LogP contribution in [0.5, 0.6) is 0 Å². The quantitative estimate of drug-likeness (QED) is 0.679. The molecule has 0 radical (unpaired) electrons. The van der Waals surface area contributed by atoms with Crippen LogP contribution in [0.2, 0.25) is 0 Å². The molecule has 0 bridgehead atoms. The van der Waals surface area contributed by atoms with E-state index in [1.165, 1.54) is 0 Å². The highest BCUT2D eigenvalue weighted by molar-refractivity contribution is 5.77. The van der Waals surface area contributed by atoms with Gasteiger partial charge in [0, 0.05) is 19.5 Å². The lowest BCUT2D eigenvalue weighted by Crippen LogP contribution is -2.40. The third kappa shape index (κ3) is 8.68. The van der Waals surface area contributed by atoms with Crippen LogP contribution in [0.25, 0.3) is 0 Å². The van der Waals surface area contributed by atoms with E-state index in [9.17, 15) is 9.59 Å². The summed E-state index contributed by atoms with van der Waals surface area (Å²) in [6.45, 7) is 10.2. The third-order valence-electron chi connectivity index (χ3n) is 1.94. The van der Waals surface area contributed by atoms with Gasteiger partial charge in [-0.2, -0.15) is 0 Å². The summed E-state index contributed by atoms with van der Waals surface area (Å²) in [5.41, 5.74) is -0.480. The smallest absolute Gasteiger partial charge is 0.323 e. The van der Waals surface area contributed by atoms with E-state index in [1.807, 2.05) is 27.7 Å². The van der Waals surface area contributed by atoms with Gasteiger partial charge in [0.25, 0.3) is 0 Å². The van der Waals surface area contributed by atoms with Crippen LogP contribution in [0.1, 0.15) is 41.0 Å². The molecule has 0 fully saturated rings. The van der Waals surface area contributed by atoms with Crippen molar-refractivity contribution in [2.75, 3.05) is 13.1 Å². The summed E-state index contributed by atoms with van der Waals surface area (Å²) < 4.78 is 5.20. The molecule has 0 aliphatic heterocycles. The molecule has 2 N–H and O–H groups in total. The Morgan fingerprint density at radius 2 is 1.88 bits per heavy atom. The SMILES string of the molecule is CCNC(=O)CCNC(C)C(=O)OC(C)(C)C. The average molecular weight is 244 g/mol. The first kappa shape index (κ1) is 15.9. The number of carbonyl (C=O) groups is 2. The van der Waals surface area contributed by atoms with Gasteiger partial charge in [-0.3, -0.25) is 9.59 Å². The molecule has 0 spiro atoms. The summed E-state index contributed by atoms with van der Waals surface area (Å²) in [4.78, 5) is 22.7. The first-order valence-corrected chi connectivity index (χ1v) is 5.99. The van der Waals surface area contributed by atoms with E-state index in [2.05, 4.69) is 10.6 Å². The Kier molecular flexibility index (Phi) is 6.80. The maximum absolute atomic E-state index is 11.6. The van der Waals surface area contributed by atoms with Crippen molar-refractivity contribution in [2.24, 2.45) is 0 Å². The molecule has 17 heavy (non-hydrogen) atoms. The van der Waals surface area contributed by atoms with Crippen LogP contribution in [0.4, 0.5) is 0 Å². The van der Waals surface area contributed by atoms with Crippen molar-refractivity contribution in [1.29, 1.82) is 0 Å². The highest BCUT2D eigenvalue weighted by Gasteiger charge is 2.21. The Morgan fingerprint density at radius 1 is 1.29 bits per heavy atom. The van der Waals surface area contributed by atoms with Crippen molar-refractivity contribution in [3.05, 3.63) is 0 Å².